The summed E-state index contributed by atoms with van der Waals surface area (Å²) in [6.07, 6.45) is 2.96. The van der Waals surface area contributed by atoms with E-state index in [2.05, 4.69) is 37.4 Å². The number of aliphatic hydroxyl groups excluding tert-OH is 1. The van der Waals surface area contributed by atoms with Crippen LogP contribution in [0.25, 0.3) is 10.2 Å². The minimum Gasteiger partial charge on any atom is -0.392 e. The van der Waals surface area contributed by atoms with Gasteiger partial charge in [-0.2, -0.15) is 0 Å². The third-order valence-corrected chi connectivity index (χ3v) is 5.35. The van der Waals surface area contributed by atoms with E-state index in [-0.39, 0.29) is 12.1 Å². The molecule has 1 aromatic heterocycles. The Bertz CT molecular complexity index is 593. The van der Waals surface area contributed by atoms with Gasteiger partial charge in [-0.1, -0.05) is 19.9 Å². The summed E-state index contributed by atoms with van der Waals surface area (Å²) < 4.78 is 1.26. The van der Waals surface area contributed by atoms with E-state index in [0.717, 1.165) is 31.3 Å². The molecular formula is C16H22N2OS. The van der Waals surface area contributed by atoms with Crippen LogP contribution in [0.4, 0.5) is 0 Å². The van der Waals surface area contributed by atoms with Crippen molar-refractivity contribution in [3.05, 3.63) is 28.8 Å². The van der Waals surface area contributed by atoms with Crippen LogP contribution < -0.4 is 5.32 Å². The Hall–Kier alpha value is -0.970. The van der Waals surface area contributed by atoms with Crippen molar-refractivity contribution < 1.29 is 5.11 Å². The van der Waals surface area contributed by atoms with Gasteiger partial charge >= 0.3 is 0 Å². The smallest absolute Gasteiger partial charge is 0.0963 e. The lowest BCUT2D eigenvalue weighted by Crippen LogP contribution is -2.34. The van der Waals surface area contributed by atoms with Crippen LogP contribution in [0.15, 0.2) is 18.2 Å². The largest absolute Gasteiger partial charge is 0.392 e. The molecule has 20 heavy (non-hydrogen) atoms. The average molecular weight is 290 g/mol. The van der Waals surface area contributed by atoms with Gasteiger partial charge in [0.15, 0.2) is 0 Å². The van der Waals surface area contributed by atoms with Crippen molar-refractivity contribution in [3.63, 3.8) is 0 Å². The molecule has 108 valence electrons. The van der Waals surface area contributed by atoms with E-state index < -0.39 is 0 Å². The van der Waals surface area contributed by atoms with Crippen molar-refractivity contribution >= 4 is 21.6 Å². The van der Waals surface area contributed by atoms with E-state index in [4.69, 9.17) is 4.98 Å². The molecule has 0 aliphatic heterocycles. The standard InChI is InChI=1S/C16H22N2OS/c1-10(2)16-18-13-8-11(6-7-15(13)20-16)9-17-12-4-3-5-14(12)19/h6-8,10,12,14,17,19H,3-5,9H2,1-2H3/t12-,14+/m0/s1. The van der Waals surface area contributed by atoms with Gasteiger partial charge in [0.1, 0.15) is 0 Å². The van der Waals surface area contributed by atoms with Crippen molar-refractivity contribution in [3.8, 4) is 0 Å². The van der Waals surface area contributed by atoms with Gasteiger partial charge in [0.05, 0.1) is 21.3 Å². The Labute approximate surface area is 124 Å². The van der Waals surface area contributed by atoms with Crippen molar-refractivity contribution in [2.24, 2.45) is 0 Å². The van der Waals surface area contributed by atoms with Crippen molar-refractivity contribution in [2.75, 3.05) is 0 Å². The molecule has 2 aromatic rings. The predicted molar refractivity (Wildman–Crippen MR) is 84.2 cm³/mol. The predicted octanol–water partition coefficient (Wildman–Crippen LogP) is 3.42. The van der Waals surface area contributed by atoms with Gasteiger partial charge in [0, 0.05) is 18.5 Å². The van der Waals surface area contributed by atoms with Gasteiger partial charge in [-0.05, 0) is 37.0 Å². The maximum Gasteiger partial charge on any atom is 0.0963 e. The van der Waals surface area contributed by atoms with Crippen LogP contribution in [0.5, 0.6) is 0 Å². The SMILES string of the molecule is CC(C)c1nc2cc(CN[C@H]3CCC[C@H]3O)ccc2s1. The monoisotopic (exact) mass is 290 g/mol. The Kier molecular flexibility index (Phi) is 4.06. The first kappa shape index (κ1) is 14.0. The number of benzene rings is 1. The molecule has 1 heterocycles. The molecule has 1 aromatic carbocycles. The molecule has 0 bridgehead atoms. The normalized spacial score (nSPS) is 23.0. The number of hydrogen-bond donors (Lipinski definition) is 2. The van der Waals surface area contributed by atoms with E-state index in [0.29, 0.717) is 5.92 Å². The van der Waals surface area contributed by atoms with E-state index in [9.17, 15) is 5.11 Å². The number of fused-ring (bicyclic) bond motifs is 1. The lowest BCUT2D eigenvalue weighted by Gasteiger charge is -2.16. The molecule has 3 nitrogen and oxygen atoms in total. The number of rotatable bonds is 4. The van der Waals surface area contributed by atoms with Crippen LogP contribution in [0.2, 0.25) is 0 Å². The summed E-state index contributed by atoms with van der Waals surface area (Å²) in [5.41, 5.74) is 2.35. The molecular weight excluding hydrogens is 268 g/mol. The van der Waals surface area contributed by atoms with Crippen LogP contribution in [0, 0.1) is 0 Å². The third-order valence-electron chi connectivity index (χ3n) is 4.01. The third kappa shape index (κ3) is 2.87. The first-order valence-corrected chi connectivity index (χ1v) is 8.26. The van der Waals surface area contributed by atoms with Crippen LogP contribution in [0.3, 0.4) is 0 Å². The zero-order chi connectivity index (χ0) is 14.1. The van der Waals surface area contributed by atoms with Crippen LogP contribution >= 0.6 is 11.3 Å². The van der Waals surface area contributed by atoms with Crippen LogP contribution in [-0.2, 0) is 6.54 Å². The van der Waals surface area contributed by atoms with Gasteiger partial charge in [0.2, 0.25) is 0 Å². The Balaban J connectivity index is 1.72. The molecule has 0 saturated heterocycles. The first-order chi connectivity index (χ1) is 9.63. The first-order valence-electron chi connectivity index (χ1n) is 7.44. The molecule has 1 aliphatic carbocycles. The highest BCUT2D eigenvalue weighted by Gasteiger charge is 2.24. The van der Waals surface area contributed by atoms with Crippen LogP contribution in [-0.4, -0.2) is 22.2 Å². The van der Waals surface area contributed by atoms with E-state index in [1.165, 1.54) is 15.3 Å². The minimum atomic E-state index is -0.175. The number of aliphatic hydroxyl groups is 1. The second kappa shape index (κ2) is 5.80. The summed E-state index contributed by atoms with van der Waals surface area (Å²) in [7, 11) is 0. The van der Waals surface area contributed by atoms with Gasteiger partial charge in [-0.15, -0.1) is 11.3 Å². The molecule has 0 spiro atoms. The van der Waals surface area contributed by atoms with Gasteiger partial charge in [-0.3, -0.25) is 0 Å². The van der Waals surface area contributed by atoms with Crippen molar-refractivity contribution in [2.45, 2.75) is 57.7 Å². The molecule has 1 saturated carbocycles. The summed E-state index contributed by atoms with van der Waals surface area (Å²) >= 11 is 1.79. The highest BCUT2D eigenvalue weighted by molar-refractivity contribution is 7.18. The molecule has 1 fully saturated rings. The number of aromatic nitrogens is 1. The number of hydrogen-bond acceptors (Lipinski definition) is 4. The molecule has 0 amide bonds. The lowest BCUT2D eigenvalue weighted by molar-refractivity contribution is 0.148. The highest BCUT2D eigenvalue weighted by Crippen LogP contribution is 2.28. The minimum absolute atomic E-state index is 0.175. The summed E-state index contributed by atoms with van der Waals surface area (Å²) in [4.78, 5) is 4.71. The molecule has 1 aliphatic rings. The quantitative estimate of drug-likeness (QED) is 0.907. The van der Waals surface area contributed by atoms with Crippen LogP contribution in [0.1, 0.15) is 49.6 Å². The second-order valence-electron chi connectivity index (χ2n) is 5.99. The summed E-state index contributed by atoms with van der Waals surface area (Å²) in [5.74, 6) is 0.489. The van der Waals surface area contributed by atoms with E-state index in [1.807, 2.05) is 0 Å². The van der Waals surface area contributed by atoms with Gasteiger partial charge in [0.25, 0.3) is 0 Å². The highest BCUT2D eigenvalue weighted by atomic mass is 32.1. The fraction of sp³-hybridized carbons (Fsp3) is 0.562. The maximum absolute atomic E-state index is 9.83. The second-order valence-corrected chi connectivity index (χ2v) is 7.06. The maximum atomic E-state index is 9.83. The average Bonchev–Trinajstić information content (AvgIpc) is 3.01. The molecule has 4 heteroatoms. The van der Waals surface area contributed by atoms with Gasteiger partial charge in [-0.25, -0.2) is 4.98 Å². The zero-order valence-electron chi connectivity index (χ0n) is 12.1. The summed E-state index contributed by atoms with van der Waals surface area (Å²) in [6.45, 7) is 5.18. The van der Waals surface area contributed by atoms with E-state index >= 15 is 0 Å². The number of nitrogens with zero attached hydrogens (tertiary/aromatic N) is 1. The fourth-order valence-corrected chi connectivity index (χ4v) is 3.73. The topological polar surface area (TPSA) is 45.2 Å². The van der Waals surface area contributed by atoms with E-state index in [1.54, 1.807) is 11.3 Å². The molecule has 2 atom stereocenters. The summed E-state index contributed by atoms with van der Waals surface area (Å²) in [6, 6.07) is 6.76. The molecule has 3 rings (SSSR count). The zero-order valence-corrected chi connectivity index (χ0v) is 12.9. The fourth-order valence-electron chi connectivity index (χ4n) is 2.78. The van der Waals surface area contributed by atoms with Crippen molar-refractivity contribution in [1.82, 2.24) is 10.3 Å². The molecule has 2 N–H and O–H groups in total. The lowest BCUT2D eigenvalue weighted by atomic mass is 10.1. The number of thiazole rings is 1. The molecule has 0 radical (unpaired) electrons. The summed E-state index contributed by atoms with van der Waals surface area (Å²) in [5, 5.41) is 14.5. The number of nitrogens with one attached hydrogen (secondary N) is 1. The van der Waals surface area contributed by atoms with Gasteiger partial charge < -0.3 is 10.4 Å². The van der Waals surface area contributed by atoms with Crippen molar-refractivity contribution in [1.29, 1.82) is 0 Å². The molecule has 0 unspecified atom stereocenters. The Morgan fingerprint density at radius 3 is 2.95 bits per heavy atom. The Morgan fingerprint density at radius 1 is 1.40 bits per heavy atom. The Morgan fingerprint density at radius 2 is 2.25 bits per heavy atom.